The van der Waals surface area contributed by atoms with E-state index in [1.165, 1.54) is 50.0 Å². The van der Waals surface area contributed by atoms with Crippen molar-refractivity contribution >= 4 is 27.3 Å². The second kappa shape index (κ2) is 8.90. The highest BCUT2D eigenvalue weighted by molar-refractivity contribution is 7.92. The maximum absolute atomic E-state index is 12.9. The van der Waals surface area contributed by atoms with Gasteiger partial charge in [-0.2, -0.15) is 0 Å². The van der Waals surface area contributed by atoms with Crippen LogP contribution in [-0.2, 0) is 10.0 Å². The van der Waals surface area contributed by atoms with Gasteiger partial charge >= 0.3 is 0 Å². The molecule has 3 N–H and O–H groups in total. The van der Waals surface area contributed by atoms with Gasteiger partial charge in [0.05, 0.1) is 19.0 Å². The van der Waals surface area contributed by atoms with Crippen LogP contribution in [0.4, 0.5) is 11.4 Å². The van der Waals surface area contributed by atoms with Gasteiger partial charge in [-0.3, -0.25) is 14.5 Å². The van der Waals surface area contributed by atoms with Crippen LogP contribution in [0, 0.1) is 0 Å². The number of pyridine rings is 1. The number of benzene rings is 2. The summed E-state index contributed by atoms with van der Waals surface area (Å²) in [5, 5.41) is 2.68. The smallest absolute Gasteiger partial charge is 0.273 e. The largest absolute Gasteiger partial charge is 0.495 e. The fourth-order valence-corrected chi connectivity index (χ4v) is 4.23. The molecule has 4 aromatic rings. The maximum Gasteiger partial charge on any atom is 0.273 e. The second-order valence-corrected chi connectivity index (χ2v) is 8.32. The Hall–Kier alpha value is -4.18. The Balaban J connectivity index is 1.57. The molecule has 0 atom stereocenters. The van der Waals surface area contributed by atoms with Crippen molar-refractivity contribution in [2.24, 2.45) is 0 Å². The molecule has 0 aliphatic rings. The third-order valence-corrected chi connectivity index (χ3v) is 5.91. The third kappa shape index (κ3) is 4.60. The lowest BCUT2D eigenvalue weighted by Gasteiger charge is -2.13. The average molecular weight is 449 g/mol. The van der Waals surface area contributed by atoms with Gasteiger partial charge in [0.15, 0.2) is 0 Å². The van der Waals surface area contributed by atoms with Crippen LogP contribution in [0.1, 0.15) is 10.5 Å². The first-order chi connectivity index (χ1) is 15.5. The Labute approximate surface area is 184 Å². The van der Waals surface area contributed by atoms with E-state index in [-0.39, 0.29) is 22.0 Å². The molecule has 0 aliphatic carbocycles. The van der Waals surface area contributed by atoms with E-state index in [1.54, 1.807) is 6.07 Å². The summed E-state index contributed by atoms with van der Waals surface area (Å²) in [5.41, 5.74) is 1.70. The number of aromatic amines is 1. The van der Waals surface area contributed by atoms with Crippen LogP contribution in [0.15, 0.2) is 84.1 Å². The van der Waals surface area contributed by atoms with Gasteiger partial charge in [-0.25, -0.2) is 13.4 Å². The Morgan fingerprint density at radius 3 is 2.47 bits per heavy atom. The van der Waals surface area contributed by atoms with Crippen LogP contribution in [0.3, 0.4) is 0 Å². The molecule has 162 valence electrons. The molecule has 0 saturated heterocycles. The number of nitrogens with one attached hydrogen (secondary N) is 3. The SMILES string of the molecule is COc1ccc(NC(=O)c2cnc(-c3ccccc3)[nH]2)cc1S(=O)(=O)Nc1ccncc1. The number of H-pyrrole nitrogens is 1. The van der Waals surface area contributed by atoms with Crippen molar-refractivity contribution in [3.63, 3.8) is 0 Å². The number of methoxy groups -OCH3 is 1. The Bertz CT molecular complexity index is 1340. The van der Waals surface area contributed by atoms with Gasteiger partial charge in [-0.15, -0.1) is 0 Å². The molecule has 10 heteroatoms. The predicted octanol–water partition coefficient (Wildman–Crippen LogP) is 3.53. The highest BCUT2D eigenvalue weighted by Gasteiger charge is 2.21. The second-order valence-electron chi connectivity index (χ2n) is 6.67. The minimum absolute atomic E-state index is 0.121. The molecule has 0 radical (unpaired) electrons. The molecule has 0 aliphatic heterocycles. The summed E-state index contributed by atoms with van der Waals surface area (Å²) in [7, 11) is -2.62. The summed E-state index contributed by atoms with van der Waals surface area (Å²) in [4.78, 5) is 23.6. The average Bonchev–Trinajstić information content (AvgIpc) is 3.31. The van der Waals surface area contributed by atoms with E-state index < -0.39 is 15.9 Å². The first-order valence-corrected chi connectivity index (χ1v) is 11.0. The van der Waals surface area contributed by atoms with E-state index in [9.17, 15) is 13.2 Å². The number of hydrogen-bond donors (Lipinski definition) is 3. The topological polar surface area (TPSA) is 126 Å². The van der Waals surface area contributed by atoms with E-state index in [0.29, 0.717) is 11.5 Å². The number of ether oxygens (including phenoxy) is 1. The molecule has 9 nitrogen and oxygen atoms in total. The van der Waals surface area contributed by atoms with E-state index in [4.69, 9.17) is 4.74 Å². The normalized spacial score (nSPS) is 11.0. The fourth-order valence-electron chi connectivity index (χ4n) is 2.97. The lowest BCUT2D eigenvalue weighted by atomic mass is 10.2. The van der Waals surface area contributed by atoms with Crippen molar-refractivity contribution in [1.29, 1.82) is 0 Å². The number of amides is 1. The van der Waals surface area contributed by atoms with Crippen molar-refractivity contribution in [2.45, 2.75) is 4.90 Å². The van der Waals surface area contributed by atoms with E-state index in [2.05, 4.69) is 25.0 Å². The van der Waals surface area contributed by atoms with Gasteiger partial charge in [0.2, 0.25) is 0 Å². The molecule has 0 bridgehead atoms. The van der Waals surface area contributed by atoms with Crippen LogP contribution < -0.4 is 14.8 Å². The number of hydrogen-bond acceptors (Lipinski definition) is 6. The zero-order chi connectivity index (χ0) is 22.6. The molecular formula is C22H19N5O4S. The highest BCUT2D eigenvalue weighted by Crippen LogP contribution is 2.29. The van der Waals surface area contributed by atoms with Crippen LogP contribution >= 0.6 is 0 Å². The van der Waals surface area contributed by atoms with Crippen LogP contribution in [-0.4, -0.2) is 36.4 Å². The number of rotatable bonds is 7. The molecule has 32 heavy (non-hydrogen) atoms. The maximum atomic E-state index is 12.9. The van der Waals surface area contributed by atoms with Crippen LogP contribution in [0.5, 0.6) is 5.75 Å². The molecule has 0 saturated carbocycles. The van der Waals surface area contributed by atoms with E-state index >= 15 is 0 Å². The summed E-state index contributed by atoms with van der Waals surface area (Å²) < 4.78 is 33.5. The molecule has 2 aromatic heterocycles. The summed E-state index contributed by atoms with van der Waals surface area (Å²) in [6.45, 7) is 0. The lowest BCUT2D eigenvalue weighted by molar-refractivity contribution is 0.102. The Morgan fingerprint density at radius 2 is 1.75 bits per heavy atom. The lowest BCUT2D eigenvalue weighted by Crippen LogP contribution is -2.16. The van der Waals surface area contributed by atoms with Crippen LogP contribution in [0.2, 0.25) is 0 Å². The summed E-state index contributed by atoms with van der Waals surface area (Å²) in [5.74, 6) is 0.225. The fraction of sp³-hybridized carbons (Fsp3) is 0.0455. The number of imidazole rings is 1. The molecule has 0 spiro atoms. The third-order valence-electron chi connectivity index (χ3n) is 4.51. The summed E-state index contributed by atoms with van der Waals surface area (Å²) >= 11 is 0. The van der Waals surface area contributed by atoms with Crippen LogP contribution in [0.25, 0.3) is 11.4 Å². The highest BCUT2D eigenvalue weighted by atomic mass is 32.2. The van der Waals surface area contributed by atoms with Gasteiger partial charge in [0.1, 0.15) is 22.2 Å². The van der Waals surface area contributed by atoms with Crippen molar-refractivity contribution in [3.05, 3.63) is 84.9 Å². The number of nitrogens with zero attached hydrogens (tertiary/aromatic N) is 2. The number of anilines is 2. The van der Waals surface area contributed by atoms with Gasteiger partial charge in [0, 0.05) is 23.6 Å². The quantitative estimate of drug-likeness (QED) is 0.396. The molecule has 0 fully saturated rings. The van der Waals surface area contributed by atoms with Gasteiger partial charge in [-0.1, -0.05) is 30.3 Å². The number of aromatic nitrogens is 3. The summed E-state index contributed by atoms with van der Waals surface area (Å²) in [6, 6.07) is 16.8. The monoisotopic (exact) mass is 449 g/mol. The van der Waals surface area contributed by atoms with Gasteiger partial charge in [-0.05, 0) is 30.3 Å². The number of carbonyl (C=O) groups excluding carboxylic acids is 1. The predicted molar refractivity (Wildman–Crippen MR) is 120 cm³/mol. The first kappa shape index (κ1) is 21.1. The molecule has 2 aromatic carbocycles. The standard InChI is InChI=1S/C22H19N5O4S/c1-31-19-8-7-17(13-20(19)32(29,30)27-16-9-11-23-12-10-16)25-22(28)18-14-24-21(26-18)15-5-3-2-4-6-15/h2-14H,1H3,(H,23,27)(H,24,26)(H,25,28). The zero-order valence-corrected chi connectivity index (χ0v) is 17.8. The minimum Gasteiger partial charge on any atom is -0.495 e. The van der Waals surface area contributed by atoms with Crippen molar-refractivity contribution in [1.82, 2.24) is 15.0 Å². The zero-order valence-electron chi connectivity index (χ0n) is 16.9. The Morgan fingerprint density at radius 1 is 1.00 bits per heavy atom. The minimum atomic E-state index is -3.99. The molecular weight excluding hydrogens is 430 g/mol. The Kier molecular flexibility index (Phi) is 5.86. The van der Waals surface area contributed by atoms with Gasteiger partial charge < -0.3 is 15.0 Å². The van der Waals surface area contributed by atoms with E-state index in [0.717, 1.165) is 5.56 Å². The molecule has 1 amide bonds. The van der Waals surface area contributed by atoms with Crippen molar-refractivity contribution in [2.75, 3.05) is 17.1 Å². The van der Waals surface area contributed by atoms with E-state index in [1.807, 2.05) is 30.3 Å². The van der Waals surface area contributed by atoms with Gasteiger partial charge in [0.25, 0.3) is 15.9 Å². The number of carbonyl (C=O) groups is 1. The molecule has 0 unspecified atom stereocenters. The molecule has 2 heterocycles. The first-order valence-electron chi connectivity index (χ1n) is 9.49. The summed E-state index contributed by atoms with van der Waals surface area (Å²) in [6.07, 6.45) is 4.36. The number of sulfonamides is 1. The van der Waals surface area contributed by atoms with Crippen molar-refractivity contribution < 1.29 is 17.9 Å². The molecule has 4 rings (SSSR count). The van der Waals surface area contributed by atoms with Crippen molar-refractivity contribution in [3.8, 4) is 17.1 Å².